The van der Waals surface area contributed by atoms with Gasteiger partial charge in [-0.05, 0) is 67.9 Å². The number of amides is 6. The molecular formula is C35H45FN6O6S. The fraction of sp³-hybridized carbons (Fsp3) is 0.486. The van der Waals surface area contributed by atoms with Crippen molar-refractivity contribution in [2.24, 2.45) is 5.92 Å². The van der Waals surface area contributed by atoms with E-state index in [0.717, 1.165) is 6.07 Å². The van der Waals surface area contributed by atoms with Gasteiger partial charge in [-0.3, -0.25) is 28.8 Å². The summed E-state index contributed by atoms with van der Waals surface area (Å²) < 4.78 is 14.0. The number of nitrogens with one attached hydrogen (secondary N) is 5. The van der Waals surface area contributed by atoms with Crippen molar-refractivity contribution in [1.29, 1.82) is 0 Å². The van der Waals surface area contributed by atoms with Crippen molar-refractivity contribution >= 4 is 47.2 Å². The van der Waals surface area contributed by atoms with E-state index >= 15 is 0 Å². The standard InChI is InChI=1S/C35H45FN6O6S/c1-19(2)30-35(48)42-18-24(38-32(45)25-15-23(36)12-11-20(25)3)16-28(42)34(47)37-21(4)31(44)40-27(22-9-7-6-8-10-22)17-29(43)39-26(13-14-49-5)33(46)41-30/h6-12,15,19,21,24,26-28,30H,13-14,16-18H2,1-5H3,(H,37,47)(H,38,45)(H,39,43)(H,40,44)(H,41,46)/t21-,24-,26-,27-,28-,30-/m0/s1. The van der Waals surface area contributed by atoms with Gasteiger partial charge in [0.15, 0.2) is 0 Å². The number of fused-ring (bicyclic) bond motifs is 1. The maximum Gasteiger partial charge on any atom is 0.251 e. The second-order valence-electron chi connectivity index (χ2n) is 12.9. The Balaban J connectivity index is 1.68. The van der Waals surface area contributed by atoms with Crippen LogP contribution in [0.25, 0.3) is 0 Å². The number of hydrogen-bond acceptors (Lipinski definition) is 7. The molecule has 2 aliphatic rings. The number of rotatable bonds is 7. The highest BCUT2D eigenvalue weighted by Crippen LogP contribution is 2.24. The van der Waals surface area contributed by atoms with Crippen LogP contribution < -0.4 is 26.6 Å². The number of halogens is 1. The van der Waals surface area contributed by atoms with E-state index in [2.05, 4.69) is 26.6 Å². The molecule has 2 saturated heterocycles. The predicted molar refractivity (Wildman–Crippen MR) is 184 cm³/mol. The van der Waals surface area contributed by atoms with Gasteiger partial charge >= 0.3 is 0 Å². The van der Waals surface area contributed by atoms with Gasteiger partial charge in [-0.2, -0.15) is 11.8 Å². The molecule has 2 aliphatic heterocycles. The molecule has 2 heterocycles. The van der Waals surface area contributed by atoms with Gasteiger partial charge in [0.1, 0.15) is 30.0 Å². The molecule has 0 aromatic heterocycles. The maximum atomic E-state index is 14.2. The molecule has 0 bridgehead atoms. The lowest BCUT2D eigenvalue weighted by Gasteiger charge is -2.32. The van der Waals surface area contributed by atoms with E-state index in [0.29, 0.717) is 23.3 Å². The first-order valence-corrected chi connectivity index (χ1v) is 17.8. The van der Waals surface area contributed by atoms with E-state index < -0.39 is 83.4 Å². The summed E-state index contributed by atoms with van der Waals surface area (Å²) in [5.41, 5.74) is 1.34. The minimum absolute atomic E-state index is 0.0177. The van der Waals surface area contributed by atoms with Gasteiger partial charge in [-0.25, -0.2) is 4.39 Å². The van der Waals surface area contributed by atoms with Gasteiger partial charge in [0, 0.05) is 18.2 Å². The van der Waals surface area contributed by atoms with Crippen molar-refractivity contribution in [2.75, 3.05) is 18.6 Å². The quantitative estimate of drug-likeness (QED) is 0.295. The van der Waals surface area contributed by atoms with Crippen LogP contribution in [0.5, 0.6) is 0 Å². The Kier molecular flexibility index (Phi) is 12.8. The summed E-state index contributed by atoms with van der Waals surface area (Å²) in [4.78, 5) is 83.0. The molecule has 2 aromatic carbocycles. The zero-order valence-electron chi connectivity index (χ0n) is 28.4. The van der Waals surface area contributed by atoms with Crippen LogP contribution in [0.1, 0.15) is 67.6 Å². The van der Waals surface area contributed by atoms with Crippen molar-refractivity contribution in [3.63, 3.8) is 0 Å². The molecular weight excluding hydrogens is 651 g/mol. The lowest BCUT2D eigenvalue weighted by Crippen LogP contribution is -2.59. The Bertz CT molecular complexity index is 1560. The smallest absolute Gasteiger partial charge is 0.251 e. The third kappa shape index (κ3) is 9.58. The van der Waals surface area contributed by atoms with E-state index in [-0.39, 0.29) is 24.9 Å². The number of hydrogen-bond donors (Lipinski definition) is 5. The molecule has 0 saturated carbocycles. The number of aryl methyl sites for hydroxylation is 1. The van der Waals surface area contributed by atoms with Crippen LogP contribution in [0.3, 0.4) is 0 Å². The largest absolute Gasteiger partial charge is 0.347 e. The van der Waals surface area contributed by atoms with Crippen molar-refractivity contribution < 1.29 is 33.2 Å². The normalized spacial score (nSPS) is 25.6. The SMILES string of the molecule is CSCC[C@@H]1NC(=O)C[C@@H](c2ccccc2)NC(=O)[C@H](C)NC(=O)[C@@H]2C[C@H](NC(=O)c3cc(F)ccc3C)CN2C(=O)[C@H](C(C)C)NC1=O. The van der Waals surface area contributed by atoms with Crippen LogP contribution in [0, 0.1) is 18.7 Å². The number of thioether (sulfide) groups is 1. The van der Waals surface area contributed by atoms with Crippen molar-refractivity contribution in [1.82, 2.24) is 31.5 Å². The molecule has 12 nitrogen and oxygen atoms in total. The number of carbonyl (C=O) groups is 6. The highest BCUT2D eigenvalue weighted by Gasteiger charge is 2.44. The lowest BCUT2D eigenvalue weighted by molar-refractivity contribution is -0.143. The molecule has 6 amide bonds. The van der Waals surface area contributed by atoms with E-state index in [9.17, 15) is 33.2 Å². The minimum Gasteiger partial charge on any atom is -0.347 e. The molecule has 264 valence electrons. The first-order valence-electron chi connectivity index (χ1n) is 16.4. The van der Waals surface area contributed by atoms with Crippen LogP contribution in [0.15, 0.2) is 48.5 Å². The summed E-state index contributed by atoms with van der Waals surface area (Å²) in [7, 11) is 0. The van der Waals surface area contributed by atoms with E-state index in [1.54, 1.807) is 51.1 Å². The molecule has 0 spiro atoms. The van der Waals surface area contributed by atoms with Gasteiger partial charge in [0.05, 0.1) is 12.5 Å². The molecule has 4 rings (SSSR count). The molecule has 2 aromatic rings. The van der Waals surface area contributed by atoms with Crippen molar-refractivity contribution in [2.45, 2.75) is 83.2 Å². The van der Waals surface area contributed by atoms with Crippen LogP contribution in [-0.4, -0.2) is 89.1 Å². The van der Waals surface area contributed by atoms with Crippen molar-refractivity contribution in [3.8, 4) is 0 Å². The summed E-state index contributed by atoms with van der Waals surface area (Å²) >= 11 is 1.50. The number of benzene rings is 2. The third-order valence-electron chi connectivity index (χ3n) is 8.82. The monoisotopic (exact) mass is 696 g/mol. The summed E-state index contributed by atoms with van der Waals surface area (Å²) in [5, 5.41) is 14.0. The Morgan fingerprint density at radius 3 is 2.37 bits per heavy atom. The van der Waals surface area contributed by atoms with Crippen molar-refractivity contribution in [3.05, 3.63) is 71.0 Å². The van der Waals surface area contributed by atoms with Gasteiger partial charge in [0.2, 0.25) is 29.5 Å². The highest BCUT2D eigenvalue weighted by atomic mass is 32.2. The first kappa shape index (κ1) is 37.4. The first-order chi connectivity index (χ1) is 23.3. The molecule has 2 fully saturated rings. The summed E-state index contributed by atoms with van der Waals surface area (Å²) in [5.74, 6) is -3.75. The Labute approximate surface area is 290 Å². The zero-order valence-corrected chi connectivity index (χ0v) is 29.2. The van der Waals surface area contributed by atoms with Gasteiger partial charge in [0.25, 0.3) is 5.91 Å². The number of carbonyl (C=O) groups excluding carboxylic acids is 6. The average molecular weight is 697 g/mol. The van der Waals surface area contributed by atoms with Crippen LogP contribution in [0.4, 0.5) is 4.39 Å². The summed E-state index contributed by atoms with van der Waals surface area (Å²) in [6, 6.07) is 7.14. The van der Waals surface area contributed by atoms with Crippen LogP contribution in [-0.2, 0) is 24.0 Å². The number of nitrogens with zero attached hydrogens (tertiary/aromatic N) is 1. The molecule has 49 heavy (non-hydrogen) atoms. The summed E-state index contributed by atoms with van der Waals surface area (Å²) in [6.07, 6.45) is 2.01. The molecule has 0 radical (unpaired) electrons. The van der Waals surface area contributed by atoms with Gasteiger partial charge < -0.3 is 31.5 Å². The second-order valence-corrected chi connectivity index (χ2v) is 13.9. The van der Waals surface area contributed by atoms with Gasteiger partial charge in [-0.15, -0.1) is 0 Å². The molecule has 6 atom stereocenters. The fourth-order valence-corrected chi connectivity index (χ4v) is 6.50. The predicted octanol–water partition coefficient (Wildman–Crippen LogP) is 1.98. The average Bonchev–Trinajstić information content (AvgIpc) is 3.49. The Hall–Kier alpha value is -4.46. The molecule has 14 heteroatoms. The summed E-state index contributed by atoms with van der Waals surface area (Å²) in [6.45, 7) is 6.61. The second kappa shape index (κ2) is 16.8. The van der Waals surface area contributed by atoms with Crippen LogP contribution >= 0.6 is 11.8 Å². The van der Waals surface area contributed by atoms with E-state index in [1.165, 1.54) is 35.7 Å². The van der Waals surface area contributed by atoms with E-state index in [1.807, 2.05) is 6.26 Å². The minimum atomic E-state index is -1.09. The molecule has 5 N–H and O–H groups in total. The zero-order chi connectivity index (χ0) is 35.8. The lowest BCUT2D eigenvalue weighted by atomic mass is 10.0. The Morgan fingerprint density at radius 2 is 1.69 bits per heavy atom. The molecule has 0 aliphatic carbocycles. The highest BCUT2D eigenvalue weighted by molar-refractivity contribution is 7.98. The van der Waals surface area contributed by atoms with E-state index in [4.69, 9.17) is 0 Å². The van der Waals surface area contributed by atoms with Crippen LogP contribution in [0.2, 0.25) is 0 Å². The molecule has 0 unspecified atom stereocenters. The third-order valence-corrected chi connectivity index (χ3v) is 9.46. The Morgan fingerprint density at radius 1 is 0.980 bits per heavy atom. The maximum absolute atomic E-state index is 14.2. The van der Waals surface area contributed by atoms with Gasteiger partial charge in [-0.1, -0.05) is 50.2 Å². The fourth-order valence-electron chi connectivity index (χ4n) is 6.03. The topological polar surface area (TPSA) is 166 Å².